The average Bonchev–Trinajstić information content (AvgIpc) is 3.70. The highest BCUT2D eigenvalue weighted by atomic mass is 32.2. The van der Waals surface area contributed by atoms with Crippen molar-refractivity contribution in [2.24, 2.45) is 0 Å². The Bertz CT molecular complexity index is 1050. The van der Waals surface area contributed by atoms with E-state index >= 15 is 0 Å². The van der Waals surface area contributed by atoms with Crippen molar-refractivity contribution in [2.45, 2.75) is 58.8 Å². The fourth-order valence-corrected chi connectivity index (χ4v) is 4.21. The second-order valence-corrected chi connectivity index (χ2v) is 10.2. The first-order chi connectivity index (χ1) is 19.6. The van der Waals surface area contributed by atoms with Crippen LogP contribution in [0, 0.1) is 0 Å². The van der Waals surface area contributed by atoms with Crippen molar-refractivity contribution in [3.63, 3.8) is 0 Å². The van der Waals surface area contributed by atoms with E-state index in [-0.39, 0.29) is 0 Å². The average molecular weight is 592 g/mol. The second-order valence-electron chi connectivity index (χ2n) is 8.06. The lowest BCUT2D eigenvalue weighted by atomic mass is 10.3. The number of nitrogens with zero attached hydrogens (tertiary/aromatic N) is 4. The third-order valence-electron chi connectivity index (χ3n) is 4.67. The van der Waals surface area contributed by atoms with E-state index in [4.69, 9.17) is 9.47 Å². The number of aromatic nitrogens is 4. The van der Waals surface area contributed by atoms with Gasteiger partial charge in [-0.3, -0.25) is 14.8 Å². The minimum absolute atomic E-state index is 0.429. The minimum atomic E-state index is 0.429. The minimum Gasteiger partial charge on any atom is -0.477 e. The van der Waals surface area contributed by atoms with Crippen LogP contribution in [0.5, 0.6) is 5.88 Å². The van der Waals surface area contributed by atoms with E-state index in [2.05, 4.69) is 48.3 Å². The number of carbonyl (C=O) groups is 1. The number of likely N-dealkylation sites (N-methyl/N-ethyl adjacent to an activating group) is 1. The van der Waals surface area contributed by atoms with Gasteiger partial charge in [0.1, 0.15) is 5.69 Å². The quantitative estimate of drug-likeness (QED) is 0.125. The van der Waals surface area contributed by atoms with Crippen molar-refractivity contribution in [3.05, 3.63) is 47.6 Å². The Morgan fingerprint density at radius 3 is 2.52 bits per heavy atom. The van der Waals surface area contributed by atoms with Gasteiger partial charge in [-0.25, -0.2) is 9.97 Å². The molecule has 4 rings (SSSR count). The number of rotatable bonds is 14. The van der Waals surface area contributed by atoms with E-state index in [1.54, 1.807) is 18.6 Å². The Balaban J connectivity index is 0.000000306. The van der Waals surface area contributed by atoms with Gasteiger partial charge in [-0.2, -0.15) is 0 Å². The first kappa shape index (κ1) is 35.4. The number of anilines is 1. The number of aldehydes is 1. The highest BCUT2D eigenvalue weighted by Crippen LogP contribution is 2.34. The number of carbonyl (C=O) groups excluding carboxylic acids is 1. The van der Waals surface area contributed by atoms with E-state index < -0.39 is 0 Å². The Morgan fingerprint density at radius 2 is 1.90 bits per heavy atom. The molecule has 40 heavy (non-hydrogen) atoms. The molecule has 0 bridgehead atoms. The Labute approximate surface area is 247 Å². The van der Waals surface area contributed by atoms with Crippen LogP contribution in [-0.4, -0.2) is 71.9 Å². The molecule has 0 spiro atoms. The molecule has 0 aliphatic heterocycles. The molecule has 3 aromatic rings. The second kappa shape index (κ2) is 23.1. The van der Waals surface area contributed by atoms with Crippen molar-refractivity contribution in [2.75, 3.05) is 45.2 Å². The molecule has 3 aromatic heterocycles. The van der Waals surface area contributed by atoms with Gasteiger partial charge in [-0.15, -0.1) is 11.3 Å². The normalized spacial score (nSPS) is 11.6. The summed E-state index contributed by atoms with van der Waals surface area (Å²) < 4.78 is 13.8. The molecule has 1 aliphatic carbocycles. The first-order valence-corrected chi connectivity index (χ1v) is 15.4. The topological polar surface area (TPSA) is 123 Å². The van der Waals surface area contributed by atoms with Crippen LogP contribution in [0.4, 0.5) is 5.69 Å². The lowest BCUT2D eigenvalue weighted by Gasteiger charge is -2.05. The molecule has 3 N–H and O–H groups in total. The van der Waals surface area contributed by atoms with Gasteiger partial charge in [0.05, 0.1) is 36.2 Å². The number of pyridine rings is 1. The summed E-state index contributed by atoms with van der Waals surface area (Å²) in [7, 11) is 3.86. The number of hydrogen-bond acceptors (Lipinski definition) is 12. The Hall–Kier alpha value is -2.64. The molecule has 1 saturated carbocycles. The maximum Gasteiger partial charge on any atom is 0.232 e. The third kappa shape index (κ3) is 15.8. The van der Waals surface area contributed by atoms with Crippen LogP contribution in [0.2, 0.25) is 0 Å². The van der Waals surface area contributed by atoms with E-state index in [9.17, 15) is 4.79 Å². The zero-order chi connectivity index (χ0) is 29.4. The Kier molecular flexibility index (Phi) is 20.4. The molecule has 0 unspecified atom stereocenters. The lowest BCUT2D eigenvalue weighted by Crippen LogP contribution is -2.14. The van der Waals surface area contributed by atoms with Gasteiger partial charge >= 0.3 is 0 Å². The lowest BCUT2D eigenvalue weighted by molar-refractivity contribution is 0.112. The molecule has 12 heteroatoms. The van der Waals surface area contributed by atoms with Crippen LogP contribution >= 0.6 is 23.3 Å². The molecule has 0 amide bonds. The number of thiazole rings is 1. The monoisotopic (exact) mass is 591 g/mol. The largest absolute Gasteiger partial charge is 0.477 e. The van der Waals surface area contributed by atoms with E-state index in [0.29, 0.717) is 29.5 Å². The van der Waals surface area contributed by atoms with Crippen molar-refractivity contribution in [1.82, 2.24) is 30.6 Å². The van der Waals surface area contributed by atoms with Crippen LogP contribution in [0.15, 0.2) is 36.9 Å². The zero-order valence-electron chi connectivity index (χ0n) is 24.6. The maximum absolute atomic E-state index is 10.5. The van der Waals surface area contributed by atoms with Crippen LogP contribution in [0.1, 0.15) is 62.5 Å². The van der Waals surface area contributed by atoms with E-state index in [1.807, 2.05) is 59.1 Å². The van der Waals surface area contributed by atoms with Gasteiger partial charge in [0.15, 0.2) is 11.3 Å². The molecule has 0 atom stereocenters. The summed E-state index contributed by atoms with van der Waals surface area (Å²) in [6, 6.07) is 4.10. The molecule has 1 fully saturated rings. The molecule has 10 nitrogen and oxygen atoms in total. The molecular formula is C28H45N7O3S2. The molecule has 3 heterocycles. The third-order valence-corrected chi connectivity index (χ3v) is 6.77. The summed E-state index contributed by atoms with van der Waals surface area (Å²) in [5, 5.41) is 7.35. The van der Waals surface area contributed by atoms with Crippen LogP contribution in [-0.2, 0) is 11.3 Å². The van der Waals surface area contributed by atoms with Crippen molar-refractivity contribution < 1.29 is 14.3 Å². The number of ether oxygens (including phenoxy) is 2. The van der Waals surface area contributed by atoms with Gasteiger partial charge in [0.2, 0.25) is 5.88 Å². The van der Waals surface area contributed by atoms with Gasteiger partial charge < -0.3 is 24.8 Å². The molecular weight excluding hydrogens is 546 g/mol. The summed E-state index contributed by atoms with van der Waals surface area (Å²) >= 11 is 3.10. The van der Waals surface area contributed by atoms with Crippen molar-refractivity contribution >= 4 is 35.3 Å². The highest BCUT2D eigenvalue weighted by Gasteiger charge is 2.21. The zero-order valence-corrected chi connectivity index (χ0v) is 26.2. The van der Waals surface area contributed by atoms with Crippen molar-refractivity contribution in [1.29, 1.82) is 0 Å². The fourth-order valence-electron chi connectivity index (χ4n) is 2.72. The van der Waals surface area contributed by atoms with Gasteiger partial charge in [0.25, 0.3) is 0 Å². The number of nitrogens with one attached hydrogen (secondary N) is 3. The molecule has 222 valence electrons. The number of hydrogen-bond donors (Lipinski definition) is 3. The van der Waals surface area contributed by atoms with Crippen molar-refractivity contribution in [3.8, 4) is 16.5 Å². The summed E-state index contributed by atoms with van der Waals surface area (Å²) in [5.41, 5.74) is 2.90. The highest BCUT2D eigenvalue weighted by molar-refractivity contribution is 8.01. The van der Waals surface area contributed by atoms with Gasteiger partial charge in [0, 0.05) is 43.0 Å². The summed E-state index contributed by atoms with van der Waals surface area (Å²) in [4.78, 5) is 27.8. The van der Waals surface area contributed by atoms with E-state index in [0.717, 1.165) is 54.2 Å². The first-order valence-electron chi connectivity index (χ1n) is 13.7. The van der Waals surface area contributed by atoms with Crippen LogP contribution < -0.4 is 20.1 Å². The predicted molar refractivity (Wildman–Crippen MR) is 167 cm³/mol. The smallest absolute Gasteiger partial charge is 0.232 e. The SMILES string of the molecule is CC.CCCOCCNC.CCOc1cncc(-c2cnc(C=O)s2)n1.CNCc1cc(NSC2CC2)ccn1. The van der Waals surface area contributed by atoms with Crippen LogP contribution in [0.3, 0.4) is 0 Å². The summed E-state index contributed by atoms with van der Waals surface area (Å²) in [5.74, 6) is 0.473. The van der Waals surface area contributed by atoms with Crippen LogP contribution in [0.25, 0.3) is 10.6 Å². The summed E-state index contributed by atoms with van der Waals surface area (Å²) in [6.45, 7) is 12.0. The predicted octanol–water partition coefficient (Wildman–Crippen LogP) is 5.49. The van der Waals surface area contributed by atoms with Gasteiger partial charge in [-0.05, 0) is 64.4 Å². The standard InChI is InChI=1S/C10H9N3O2S.C10H15N3S.C6H15NO.C2H6/c1-2-15-9-5-11-3-7(13-9)8-4-12-10(6-14)16-8;1-11-7-9-6-8(4-5-12-9)13-14-10-2-3-10;1-3-5-8-6-4-7-2;1-2/h3-6H,2H2,1H3;4-6,10-11H,2-3,7H2,1H3,(H,12,13);7H,3-6H2,1-2H3;1-2H3. The molecule has 0 saturated heterocycles. The molecule has 0 aromatic carbocycles. The maximum atomic E-state index is 10.5. The summed E-state index contributed by atoms with van der Waals surface area (Å²) in [6.07, 6.45) is 11.2. The Morgan fingerprint density at radius 1 is 1.10 bits per heavy atom. The van der Waals surface area contributed by atoms with E-state index in [1.165, 1.54) is 24.2 Å². The molecule has 0 radical (unpaired) electrons. The fraction of sp³-hybridized carbons (Fsp3) is 0.536. The molecule has 1 aliphatic rings. The van der Waals surface area contributed by atoms with Gasteiger partial charge in [-0.1, -0.05) is 20.8 Å².